The fraction of sp³-hybridized carbons (Fsp3) is 0.250. The van der Waals surface area contributed by atoms with Crippen molar-refractivity contribution in [1.29, 1.82) is 0 Å². The van der Waals surface area contributed by atoms with Gasteiger partial charge in [-0.15, -0.1) is 0 Å². The monoisotopic (exact) mass is 365 g/mol. The van der Waals surface area contributed by atoms with Crippen molar-refractivity contribution in [2.45, 2.75) is 24.3 Å². The minimum atomic E-state index is -3.53. The molecule has 2 aromatic rings. The zero-order chi connectivity index (χ0) is 15.0. The maximum absolute atomic E-state index is 13.0. The van der Waals surface area contributed by atoms with Crippen LogP contribution in [0.25, 0.3) is 0 Å². The van der Waals surface area contributed by atoms with Gasteiger partial charge in [0.25, 0.3) is 10.0 Å². The Bertz CT molecular complexity index is 756. The van der Waals surface area contributed by atoms with Crippen LogP contribution in [0.5, 0.6) is 0 Å². The van der Waals surface area contributed by atoms with Gasteiger partial charge in [0.2, 0.25) is 0 Å². The predicted octanol–water partition coefficient (Wildman–Crippen LogP) is 3.51. The number of halogens is 1. The van der Waals surface area contributed by atoms with Gasteiger partial charge in [0.1, 0.15) is 0 Å². The van der Waals surface area contributed by atoms with Crippen LogP contribution in [0, 0.1) is 6.92 Å². The average Bonchev–Trinajstić information content (AvgIpc) is 2.87. The van der Waals surface area contributed by atoms with Gasteiger partial charge in [0.15, 0.2) is 0 Å². The number of fused-ring (bicyclic) bond motifs is 1. The van der Waals surface area contributed by atoms with E-state index in [9.17, 15) is 8.42 Å². The number of hydrogen-bond acceptors (Lipinski definition) is 2. The van der Waals surface area contributed by atoms with Gasteiger partial charge in [0.05, 0.1) is 16.6 Å². The molecular formula is C16H16BrNO2S. The van der Waals surface area contributed by atoms with Gasteiger partial charge in [0, 0.05) is 5.33 Å². The summed E-state index contributed by atoms with van der Waals surface area (Å²) in [7, 11) is -3.53. The first-order valence-corrected chi connectivity index (χ1v) is 9.35. The highest BCUT2D eigenvalue weighted by molar-refractivity contribution is 9.09. The lowest BCUT2D eigenvalue weighted by Crippen LogP contribution is -2.38. The maximum Gasteiger partial charge on any atom is 0.264 e. The van der Waals surface area contributed by atoms with Crippen molar-refractivity contribution in [3.8, 4) is 0 Å². The van der Waals surface area contributed by atoms with E-state index in [1.165, 1.54) is 0 Å². The molecule has 2 aromatic carbocycles. The molecule has 3 nitrogen and oxygen atoms in total. The quantitative estimate of drug-likeness (QED) is 0.780. The number of aryl methyl sites for hydroxylation is 1. The van der Waals surface area contributed by atoms with Crippen molar-refractivity contribution in [1.82, 2.24) is 0 Å². The Labute approximate surface area is 133 Å². The van der Waals surface area contributed by atoms with Gasteiger partial charge < -0.3 is 0 Å². The molecule has 1 aliphatic rings. The van der Waals surface area contributed by atoms with Crippen LogP contribution in [0.1, 0.15) is 11.1 Å². The first kappa shape index (κ1) is 14.6. The lowest BCUT2D eigenvalue weighted by atomic mass is 10.1. The molecule has 0 saturated heterocycles. The zero-order valence-corrected chi connectivity index (χ0v) is 14.1. The van der Waals surface area contributed by atoms with E-state index in [4.69, 9.17) is 0 Å². The first-order chi connectivity index (χ1) is 10.0. The van der Waals surface area contributed by atoms with E-state index in [0.29, 0.717) is 10.2 Å². The van der Waals surface area contributed by atoms with E-state index >= 15 is 0 Å². The molecule has 0 radical (unpaired) electrons. The molecule has 0 bridgehead atoms. The average molecular weight is 366 g/mol. The van der Waals surface area contributed by atoms with Crippen molar-refractivity contribution >= 4 is 31.6 Å². The van der Waals surface area contributed by atoms with Crippen molar-refractivity contribution in [3.05, 3.63) is 59.7 Å². The Morgan fingerprint density at radius 2 is 1.81 bits per heavy atom. The second-order valence-corrected chi connectivity index (χ2v) is 7.72. The molecule has 0 unspecified atom stereocenters. The highest BCUT2D eigenvalue weighted by atomic mass is 79.9. The second-order valence-electron chi connectivity index (χ2n) is 5.25. The van der Waals surface area contributed by atoms with Crippen LogP contribution in [0.3, 0.4) is 0 Å². The van der Waals surface area contributed by atoms with Crippen molar-refractivity contribution in [2.24, 2.45) is 0 Å². The minimum absolute atomic E-state index is 0.0753. The fourth-order valence-corrected chi connectivity index (χ4v) is 5.09. The van der Waals surface area contributed by atoms with Gasteiger partial charge in [-0.3, -0.25) is 4.31 Å². The van der Waals surface area contributed by atoms with Crippen LogP contribution in [0.4, 0.5) is 5.69 Å². The third-order valence-corrected chi connectivity index (χ3v) is 6.40. The number of anilines is 1. The van der Waals surface area contributed by atoms with Gasteiger partial charge in [-0.25, -0.2) is 8.42 Å². The second kappa shape index (κ2) is 5.46. The van der Waals surface area contributed by atoms with Crippen molar-refractivity contribution in [2.75, 3.05) is 9.64 Å². The van der Waals surface area contributed by atoms with Crippen LogP contribution in [0.15, 0.2) is 53.4 Å². The van der Waals surface area contributed by atoms with E-state index in [1.54, 1.807) is 16.4 Å². The highest BCUT2D eigenvalue weighted by Crippen LogP contribution is 2.37. The number of para-hydroxylation sites is 1. The zero-order valence-electron chi connectivity index (χ0n) is 11.7. The van der Waals surface area contributed by atoms with E-state index < -0.39 is 10.0 Å². The summed E-state index contributed by atoms with van der Waals surface area (Å²) in [6.07, 6.45) is 0.743. The van der Waals surface area contributed by atoms with Crippen LogP contribution in [-0.4, -0.2) is 19.8 Å². The highest BCUT2D eigenvalue weighted by Gasteiger charge is 2.37. The van der Waals surface area contributed by atoms with Gasteiger partial charge in [-0.2, -0.15) is 0 Å². The summed E-state index contributed by atoms with van der Waals surface area (Å²) in [6, 6.07) is 14.6. The lowest BCUT2D eigenvalue weighted by Gasteiger charge is -2.25. The topological polar surface area (TPSA) is 37.4 Å². The molecule has 0 N–H and O–H groups in total. The Kier molecular flexibility index (Phi) is 3.80. The molecule has 1 heterocycles. The molecule has 0 amide bonds. The van der Waals surface area contributed by atoms with E-state index in [1.807, 2.05) is 43.3 Å². The third kappa shape index (κ3) is 2.49. The molecule has 1 aliphatic heterocycles. The Balaban J connectivity index is 2.11. The normalized spacial score (nSPS) is 17.8. The molecule has 0 fully saturated rings. The number of rotatable bonds is 3. The largest absolute Gasteiger partial charge is 0.264 e. The summed E-state index contributed by atoms with van der Waals surface area (Å²) in [6.45, 7) is 1.95. The molecule has 0 saturated carbocycles. The SMILES string of the molecule is Cc1ccc(S(=O)(=O)N2c3ccccc3C[C@H]2CBr)cc1. The Morgan fingerprint density at radius 3 is 2.48 bits per heavy atom. The van der Waals surface area contributed by atoms with E-state index in [0.717, 1.165) is 23.2 Å². The molecule has 1 atom stereocenters. The lowest BCUT2D eigenvalue weighted by molar-refractivity contribution is 0.585. The summed E-state index contributed by atoms with van der Waals surface area (Å²) in [4.78, 5) is 0.343. The van der Waals surface area contributed by atoms with Crippen LogP contribution >= 0.6 is 15.9 Å². The molecule has 5 heteroatoms. The number of nitrogens with zero attached hydrogens (tertiary/aromatic N) is 1. The minimum Gasteiger partial charge on any atom is -0.262 e. The first-order valence-electron chi connectivity index (χ1n) is 6.79. The number of hydrogen-bond donors (Lipinski definition) is 0. The van der Waals surface area contributed by atoms with Gasteiger partial charge >= 0.3 is 0 Å². The molecule has 0 spiro atoms. The molecule has 3 rings (SSSR count). The standard InChI is InChI=1S/C16H16BrNO2S/c1-12-6-8-15(9-7-12)21(19,20)18-14(11-17)10-13-4-2-3-5-16(13)18/h2-9,14H,10-11H2,1H3/t14-/m0/s1. The maximum atomic E-state index is 13.0. The summed E-state index contributed by atoms with van der Waals surface area (Å²) in [5.74, 6) is 0. The number of sulfonamides is 1. The fourth-order valence-electron chi connectivity index (χ4n) is 2.70. The van der Waals surface area contributed by atoms with Gasteiger partial charge in [-0.1, -0.05) is 51.8 Å². The van der Waals surface area contributed by atoms with Crippen molar-refractivity contribution in [3.63, 3.8) is 0 Å². The van der Waals surface area contributed by atoms with E-state index in [2.05, 4.69) is 15.9 Å². The van der Waals surface area contributed by atoms with Gasteiger partial charge in [-0.05, 0) is 37.1 Å². The molecule has 0 aromatic heterocycles. The van der Waals surface area contributed by atoms with Crippen LogP contribution < -0.4 is 4.31 Å². The Hall–Kier alpha value is -1.33. The predicted molar refractivity (Wildman–Crippen MR) is 88.6 cm³/mol. The summed E-state index contributed by atoms with van der Waals surface area (Å²) >= 11 is 3.45. The molecule has 110 valence electrons. The summed E-state index contributed by atoms with van der Waals surface area (Å²) in [5, 5.41) is 0.618. The molecular weight excluding hydrogens is 350 g/mol. The van der Waals surface area contributed by atoms with Crippen LogP contribution in [-0.2, 0) is 16.4 Å². The van der Waals surface area contributed by atoms with E-state index in [-0.39, 0.29) is 6.04 Å². The summed E-state index contributed by atoms with van der Waals surface area (Å²) < 4.78 is 27.5. The molecule has 0 aliphatic carbocycles. The number of alkyl halides is 1. The van der Waals surface area contributed by atoms with Crippen LogP contribution in [0.2, 0.25) is 0 Å². The molecule has 21 heavy (non-hydrogen) atoms. The third-order valence-electron chi connectivity index (χ3n) is 3.77. The Morgan fingerprint density at radius 1 is 1.14 bits per heavy atom. The summed E-state index contributed by atoms with van der Waals surface area (Å²) in [5.41, 5.74) is 2.92. The smallest absolute Gasteiger partial charge is 0.262 e. The number of benzene rings is 2. The van der Waals surface area contributed by atoms with Crippen molar-refractivity contribution < 1.29 is 8.42 Å².